The lowest BCUT2D eigenvalue weighted by Gasteiger charge is -2.11. The van der Waals surface area contributed by atoms with Crippen molar-refractivity contribution in [2.24, 2.45) is 0 Å². The zero-order valence-corrected chi connectivity index (χ0v) is 6.17. The van der Waals surface area contributed by atoms with Crippen LogP contribution in [0, 0.1) is 11.3 Å². The fourth-order valence-electron chi connectivity index (χ4n) is 0.0559. The highest BCUT2D eigenvalue weighted by Gasteiger charge is 2.10. The van der Waals surface area contributed by atoms with Gasteiger partial charge < -0.3 is 5.32 Å². The number of nitrogens with one attached hydrogen (secondary N) is 1. The van der Waals surface area contributed by atoms with Gasteiger partial charge in [-0.05, 0) is 20.9 Å². The Hall–Kier alpha value is -0.260. The Bertz CT molecular complexity index is 93.1. The lowest BCUT2D eigenvalue weighted by Crippen LogP contribution is -2.33. The number of nitriles is 1. The van der Waals surface area contributed by atoms with Crippen molar-refractivity contribution in [3.8, 4) is 6.07 Å². The SMILES string of the molecule is CNC(C)(C)C#N.Cl. The van der Waals surface area contributed by atoms with Gasteiger partial charge in [-0.15, -0.1) is 12.4 Å². The summed E-state index contributed by atoms with van der Waals surface area (Å²) >= 11 is 0. The van der Waals surface area contributed by atoms with Crippen molar-refractivity contribution in [1.29, 1.82) is 5.26 Å². The Morgan fingerprint density at radius 2 is 1.88 bits per heavy atom. The van der Waals surface area contributed by atoms with E-state index in [1.165, 1.54) is 0 Å². The fraction of sp³-hybridized carbons (Fsp3) is 0.800. The number of hydrogen-bond donors (Lipinski definition) is 1. The highest BCUT2D eigenvalue weighted by molar-refractivity contribution is 5.85. The lowest BCUT2D eigenvalue weighted by atomic mass is 10.1. The molecule has 0 radical (unpaired) electrons. The molecular formula is C5H11ClN2. The molecule has 0 aromatic rings. The molecule has 1 N–H and O–H groups in total. The van der Waals surface area contributed by atoms with E-state index in [-0.39, 0.29) is 17.9 Å². The van der Waals surface area contributed by atoms with Crippen molar-refractivity contribution in [2.45, 2.75) is 19.4 Å². The smallest absolute Gasteiger partial charge is 0.100 e. The zero-order chi connectivity index (χ0) is 5.91. The molecule has 0 aliphatic heterocycles. The van der Waals surface area contributed by atoms with Crippen molar-refractivity contribution in [2.75, 3.05) is 7.05 Å². The van der Waals surface area contributed by atoms with E-state index in [9.17, 15) is 0 Å². The van der Waals surface area contributed by atoms with Gasteiger partial charge in [0.15, 0.2) is 0 Å². The summed E-state index contributed by atoms with van der Waals surface area (Å²) in [5, 5.41) is 11.1. The van der Waals surface area contributed by atoms with E-state index in [1.54, 1.807) is 7.05 Å². The third-order valence-corrected chi connectivity index (χ3v) is 0.905. The van der Waals surface area contributed by atoms with Gasteiger partial charge in [0.05, 0.1) is 6.07 Å². The summed E-state index contributed by atoms with van der Waals surface area (Å²) in [5.41, 5.74) is -0.361. The molecule has 8 heavy (non-hydrogen) atoms. The second-order valence-electron chi connectivity index (χ2n) is 1.99. The third-order valence-electron chi connectivity index (χ3n) is 0.905. The molecule has 0 aromatic heterocycles. The standard InChI is InChI=1S/C5H10N2.ClH/c1-5(2,4-6)7-3;/h7H,1-3H3;1H. The molecule has 0 aliphatic rings. The van der Waals surface area contributed by atoms with Crippen LogP contribution in [0.5, 0.6) is 0 Å². The van der Waals surface area contributed by atoms with E-state index < -0.39 is 0 Å². The second-order valence-corrected chi connectivity index (χ2v) is 1.99. The first-order chi connectivity index (χ1) is 3.12. The van der Waals surface area contributed by atoms with Crippen LogP contribution in [-0.2, 0) is 0 Å². The molecule has 0 rings (SSSR count). The molecule has 0 atom stereocenters. The van der Waals surface area contributed by atoms with Gasteiger partial charge in [-0.25, -0.2) is 0 Å². The van der Waals surface area contributed by atoms with Crippen LogP contribution in [0.1, 0.15) is 13.8 Å². The quantitative estimate of drug-likeness (QED) is 0.579. The van der Waals surface area contributed by atoms with E-state index in [1.807, 2.05) is 13.8 Å². The van der Waals surface area contributed by atoms with Gasteiger partial charge in [0.2, 0.25) is 0 Å². The second kappa shape index (κ2) is 3.71. The Morgan fingerprint density at radius 3 is 1.88 bits per heavy atom. The Balaban J connectivity index is 0. The van der Waals surface area contributed by atoms with Crippen LogP contribution >= 0.6 is 12.4 Å². The van der Waals surface area contributed by atoms with Crippen LogP contribution < -0.4 is 5.32 Å². The summed E-state index contributed by atoms with van der Waals surface area (Å²) in [6, 6.07) is 2.08. The molecule has 48 valence electrons. The van der Waals surface area contributed by atoms with Gasteiger partial charge in [0.25, 0.3) is 0 Å². The van der Waals surface area contributed by atoms with Crippen LogP contribution in [-0.4, -0.2) is 12.6 Å². The molecule has 0 fully saturated rings. The van der Waals surface area contributed by atoms with Crippen LogP contribution in [0.3, 0.4) is 0 Å². The summed E-state index contributed by atoms with van der Waals surface area (Å²) in [4.78, 5) is 0. The van der Waals surface area contributed by atoms with Gasteiger partial charge >= 0.3 is 0 Å². The van der Waals surface area contributed by atoms with E-state index in [2.05, 4.69) is 11.4 Å². The molecule has 0 aromatic carbocycles. The van der Waals surface area contributed by atoms with E-state index in [0.29, 0.717) is 0 Å². The lowest BCUT2D eigenvalue weighted by molar-refractivity contribution is 0.541. The average Bonchev–Trinajstić information content (AvgIpc) is 1.68. The van der Waals surface area contributed by atoms with Crippen molar-refractivity contribution >= 4 is 12.4 Å². The van der Waals surface area contributed by atoms with Gasteiger partial charge in [-0.1, -0.05) is 0 Å². The molecule has 2 nitrogen and oxygen atoms in total. The van der Waals surface area contributed by atoms with E-state index >= 15 is 0 Å². The van der Waals surface area contributed by atoms with Crippen LogP contribution in [0.2, 0.25) is 0 Å². The largest absolute Gasteiger partial charge is 0.303 e. The highest BCUT2D eigenvalue weighted by atomic mass is 35.5. The minimum atomic E-state index is -0.361. The summed E-state index contributed by atoms with van der Waals surface area (Å²) in [6.07, 6.45) is 0. The minimum Gasteiger partial charge on any atom is -0.303 e. The molecule has 0 spiro atoms. The van der Waals surface area contributed by atoms with Crippen LogP contribution in [0.15, 0.2) is 0 Å². The number of halogens is 1. The first-order valence-corrected chi connectivity index (χ1v) is 2.22. The van der Waals surface area contributed by atoms with Crippen molar-refractivity contribution in [1.82, 2.24) is 5.32 Å². The number of rotatable bonds is 1. The van der Waals surface area contributed by atoms with E-state index in [0.717, 1.165) is 0 Å². The Morgan fingerprint density at radius 1 is 1.50 bits per heavy atom. The highest BCUT2D eigenvalue weighted by Crippen LogP contribution is 1.94. The number of nitrogens with zero attached hydrogens (tertiary/aromatic N) is 1. The molecule has 0 amide bonds. The summed E-state index contributed by atoms with van der Waals surface area (Å²) in [6.45, 7) is 3.65. The van der Waals surface area contributed by atoms with Crippen molar-refractivity contribution in [3.05, 3.63) is 0 Å². The molecule has 0 bridgehead atoms. The van der Waals surface area contributed by atoms with Crippen molar-refractivity contribution in [3.63, 3.8) is 0 Å². The number of hydrogen-bond acceptors (Lipinski definition) is 2. The first kappa shape index (κ1) is 10.7. The molecule has 0 saturated heterocycles. The van der Waals surface area contributed by atoms with Crippen LogP contribution in [0.4, 0.5) is 0 Å². The van der Waals surface area contributed by atoms with Gasteiger partial charge in [-0.3, -0.25) is 0 Å². The molecule has 0 aliphatic carbocycles. The minimum absolute atomic E-state index is 0. The normalized spacial score (nSPS) is 9.25. The van der Waals surface area contributed by atoms with E-state index in [4.69, 9.17) is 5.26 Å². The van der Waals surface area contributed by atoms with Crippen molar-refractivity contribution < 1.29 is 0 Å². The molecule has 0 unspecified atom stereocenters. The Labute approximate surface area is 56.3 Å². The molecule has 0 saturated carbocycles. The first-order valence-electron chi connectivity index (χ1n) is 2.22. The topological polar surface area (TPSA) is 35.8 Å². The maximum atomic E-state index is 8.28. The predicted octanol–water partition coefficient (Wildman–Crippen LogP) is 0.930. The van der Waals surface area contributed by atoms with Gasteiger partial charge in [-0.2, -0.15) is 5.26 Å². The maximum absolute atomic E-state index is 8.28. The zero-order valence-electron chi connectivity index (χ0n) is 5.36. The summed E-state index contributed by atoms with van der Waals surface area (Å²) in [5.74, 6) is 0. The average molecular weight is 135 g/mol. The Kier molecular flexibility index (Phi) is 4.94. The maximum Gasteiger partial charge on any atom is 0.100 e. The van der Waals surface area contributed by atoms with Gasteiger partial charge in [0, 0.05) is 0 Å². The fourth-order valence-corrected chi connectivity index (χ4v) is 0.0559. The third kappa shape index (κ3) is 3.91. The van der Waals surface area contributed by atoms with Crippen LogP contribution in [0.25, 0.3) is 0 Å². The summed E-state index contributed by atoms with van der Waals surface area (Å²) in [7, 11) is 1.77. The molecule has 0 heterocycles. The molecule has 3 heteroatoms. The monoisotopic (exact) mass is 134 g/mol. The van der Waals surface area contributed by atoms with Gasteiger partial charge in [0.1, 0.15) is 5.54 Å². The molecular weight excluding hydrogens is 124 g/mol. The predicted molar refractivity (Wildman–Crippen MR) is 36.0 cm³/mol. The summed E-state index contributed by atoms with van der Waals surface area (Å²) < 4.78 is 0.